The Balaban J connectivity index is 0.000000339. The number of nitrogens with zero attached hydrogens (tertiary/aromatic N) is 3. The number of carboxylic acid groups (broad SMARTS) is 1. The SMILES string of the molecule is Fc1ccc(C2CCCN(Cc3cnn(C4CNC4)c3)C2)cc1F.O=C(O)C(F)(F)F. The van der Waals surface area contributed by atoms with Crippen molar-refractivity contribution in [3.63, 3.8) is 0 Å². The van der Waals surface area contributed by atoms with Gasteiger partial charge < -0.3 is 10.4 Å². The predicted molar refractivity (Wildman–Crippen MR) is 101 cm³/mol. The van der Waals surface area contributed by atoms with E-state index in [1.54, 1.807) is 6.07 Å². The van der Waals surface area contributed by atoms with E-state index in [1.807, 2.05) is 10.9 Å². The zero-order valence-corrected chi connectivity index (χ0v) is 16.6. The van der Waals surface area contributed by atoms with Crippen LogP contribution in [0.4, 0.5) is 22.0 Å². The average molecular weight is 446 g/mol. The normalized spacial score (nSPS) is 20.0. The molecular weight excluding hydrogens is 423 g/mol. The fourth-order valence-corrected chi connectivity index (χ4v) is 3.61. The van der Waals surface area contributed by atoms with Gasteiger partial charge in [-0.1, -0.05) is 6.07 Å². The maximum Gasteiger partial charge on any atom is 0.490 e. The first-order chi connectivity index (χ1) is 14.6. The lowest BCUT2D eigenvalue weighted by molar-refractivity contribution is -0.192. The number of halogens is 5. The van der Waals surface area contributed by atoms with Crippen LogP contribution in [-0.2, 0) is 11.3 Å². The minimum absolute atomic E-state index is 0.264. The van der Waals surface area contributed by atoms with Crippen LogP contribution < -0.4 is 5.32 Å². The smallest absolute Gasteiger partial charge is 0.475 e. The van der Waals surface area contributed by atoms with Crippen LogP contribution in [0.2, 0.25) is 0 Å². The zero-order valence-electron chi connectivity index (χ0n) is 16.6. The summed E-state index contributed by atoms with van der Waals surface area (Å²) in [5, 5.41) is 14.8. The summed E-state index contributed by atoms with van der Waals surface area (Å²) >= 11 is 0. The van der Waals surface area contributed by atoms with Gasteiger partial charge in [-0.3, -0.25) is 9.58 Å². The third-order valence-corrected chi connectivity index (χ3v) is 5.36. The topological polar surface area (TPSA) is 70.4 Å². The molecule has 1 atom stereocenters. The minimum Gasteiger partial charge on any atom is -0.475 e. The molecule has 1 aromatic heterocycles. The highest BCUT2D eigenvalue weighted by Crippen LogP contribution is 2.28. The number of nitrogens with one attached hydrogen (secondary N) is 1. The molecule has 31 heavy (non-hydrogen) atoms. The molecule has 11 heteroatoms. The highest BCUT2D eigenvalue weighted by Gasteiger charge is 2.38. The summed E-state index contributed by atoms with van der Waals surface area (Å²) in [7, 11) is 0. The van der Waals surface area contributed by atoms with Crippen molar-refractivity contribution in [2.24, 2.45) is 0 Å². The summed E-state index contributed by atoms with van der Waals surface area (Å²) in [6.45, 7) is 4.75. The molecule has 1 unspecified atom stereocenters. The lowest BCUT2D eigenvalue weighted by Crippen LogP contribution is -2.43. The van der Waals surface area contributed by atoms with Crippen LogP contribution in [0.25, 0.3) is 0 Å². The maximum atomic E-state index is 13.5. The molecule has 0 bridgehead atoms. The molecule has 0 spiro atoms. The second-order valence-corrected chi connectivity index (χ2v) is 7.69. The number of carbonyl (C=O) groups is 1. The van der Waals surface area contributed by atoms with E-state index >= 15 is 0 Å². The van der Waals surface area contributed by atoms with Crippen molar-refractivity contribution in [3.8, 4) is 0 Å². The monoisotopic (exact) mass is 446 g/mol. The predicted octanol–water partition coefficient (Wildman–Crippen LogP) is 3.32. The Morgan fingerprint density at radius 2 is 1.94 bits per heavy atom. The fraction of sp³-hybridized carbons (Fsp3) is 0.500. The molecule has 1 aromatic carbocycles. The lowest BCUT2D eigenvalue weighted by Gasteiger charge is -2.32. The zero-order chi connectivity index (χ0) is 22.6. The third kappa shape index (κ3) is 6.23. The van der Waals surface area contributed by atoms with Crippen LogP contribution in [0.15, 0.2) is 30.6 Å². The Morgan fingerprint density at radius 1 is 1.23 bits per heavy atom. The molecule has 0 saturated carbocycles. The number of piperidine rings is 1. The second kappa shape index (κ2) is 9.73. The summed E-state index contributed by atoms with van der Waals surface area (Å²) in [5.74, 6) is -4.02. The van der Waals surface area contributed by atoms with Gasteiger partial charge in [0.25, 0.3) is 0 Å². The van der Waals surface area contributed by atoms with E-state index in [1.165, 1.54) is 17.7 Å². The van der Waals surface area contributed by atoms with Crippen molar-refractivity contribution in [3.05, 3.63) is 53.4 Å². The largest absolute Gasteiger partial charge is 0.490 e. The van der Waals surface area contributed by atoms with Gasteiger partial charge in [-0.15, -0.1) is 0 Å². The summed E-state index contributed by atoms with van der Waals surface area (Å²) in [6, 6.07) is 4.79. The quantitative estimate of drug-likeness (QED) is 0.706. The van der Waals surface area contributed by atoms with Crippen LogP contribution in [0.1, 0.15) is 35.9 Å². The van der Waals surface area contributed by atoms with Gasteiger partial charge in [-0.2, -0.15) is 18.3 Å². The Labute approximate surface area is 175 Å². The highest BCUT2D eigenvalue weighted by atomic mass is 19.4. The molecule has 0 aliphatic carbocycles. The maximum absolute atomic E-state index is 13.5. The van der Waals surface area contributed by atoms with Gasteiger partial charge in [-0.05, 0) is 43.0 Å². The van der Waals surface area contributed by atoms with Crippen molar-refractivity contribution in [2.75, 3.05) is 26.2 Å². The minimum atomic E-state index is -5.08. The van der Waals surface area contributed by atoms with Gasteiger partial charge in [0, 0.05) is 37.9 Å². The van der Waals surface area contributed by atoms with Crippen molar-refractivity contribution >= 4 is 5.97 Å². The van der Waals surface area contributed by atoms with E-state index in [0.29, 0.717) is 6.04 Å². The lowest BCUT2D eigenvalue weighted by atomic mass is 9.90. The fourth-order valence-electron chi connectivity index (χ4n) is 3.61. The van der Waals surface area contributed by atoms with Gasteiger partial charge in [0.1, 0.15) is 0 Å². The number of hydrogen-bond donors (Lipinski definition) is 2. The standard InChI is InChI=1S/C18H22F2N4.C2HF3O2/c19-17-4-3-14(6-18(17)20)15-2-1-5-23(12-15)10-13-7-22-24(11-13)16-8-21-9-16;3-2(4,5)1(6)7/h3-4,6-7,11,15-16,21H,1-2,5,8-10,12H2;(H,6,7). The van der Waals surface area contributed by atoms with Crippen LogP contribution in [0, 0.1) is 11.6 Å². The molecule has 170 valence electrons. The number of hydrogen-bond acceptors (Lipinski definition) is 4. The van der Waals surface area contributed by atoms with Gasteiger partial charge in [0.2, 0.25) is 0 Å². The third-order valence-electron chi connectivity index (χ3n) is 5.36. The molecule has 2 aliphatic heterocycles. The van der Waals surface area contributed by atoms with Gasteiger partial charge in [-0.25, -0.2) is 13.6 Å². The highest BCUT2D eigenvalue weighted by molar-refractivity contribution is 5.73. The Morgan fingerprint density at radius 3 is 2.52 bits per heavy atom. The molecule has 4 rings (SSSR count). The number of carboxylic acids is 1. The van der Waals surface area contributed by atoms with E-state index in [9.17, 15) is 22.0 Å². The first-order valence-electron chi connectivity index (χ1n) is 9.84. The number of aliphatic carboxylic acids is 1. The molecule has 2 N–H and O–H groups in total. The molecule has 2 saturated heterocycles. The second-order valence-electron chi connectivity index (χ2n) is 7.69. The molecule has 2 fully saturated rings. The van der Waals surface area contributed by atoms with Gasteiger partial charge in [0.15, 0.2) is 11.6 Å². The van der Waals surface area contributed by atoms with E-state index in [0.717, 1.165) is 51.1 Å². The molecular formula is C20H23F5N4O2. The number of likely N-dealkylation sites (tertiary alicyclic amines) is 1. The van der Waals surface area contributed by atoms with Crippen molar-refractivity contribution in [2.45, 2.75) is 37.5 Å². The van der Waals surface area contributed by atoms with E-state index in [2.05, 4.69) is 21.5 Å². The van der Waals surface area contributed by atoms with Crippen LogP contribution in [-0.4, -0.2) is 58.1 Å². The summed E-state index contributed by atoms with van der Waals surface area (Å²) < 4.78 is 60.4. The summed E-state index contributed by atoms with van der Waals surface area (Å²) in [5.41, 5.74) is 2.11. The van der Waals surface area contributed by atoms with Crippen molar-refractivity contribution < 1.29 is 31.9 Å². The number of benzene rings is 1. The summed E-state index contributed by atoms with van der Waals surface area (Å²) in [6.07, 6.45) is 1.09. The molecule has 6 nitrogen and oxygen atoms in total. The van der Waals surface area contributed by atoms with Crippen LogP contribution in [0.5, 0.6) is 0 Å². The van der Waals surface area contributed by atoms with Crippen LogP contribution in [0.3, 0.4) is 0 Å². The Kier molecular flexibility index (Phi) is 7.26. The summed E-state index contributed by atoms with van der Waals surface area (Å²) in [4.78, 5) is 11.3. The van der Waals surface area contributed by atoms with Crippen molar-refractivity contribution in [1.29, 1.82) is 0 Å². The van der Waals surface area contributed by atoms with Gasteiger partial charge >= 0.3 is 12.1 Å². The first kappa shape index (κ1) is 23.1. The number of alkyl halides is 3. The van der Waals surface area contributed by atoms with E-state index in [4.69, 9.17) is 9.90 Å². The molecule has 0 radical (unpaired) electrons. The Bertz CT molecular complexity index is 898. The number of aromatic nitrogens is 2. The van der Waals surface area contributed by atoms with Crippen LogP contribution >= 0.6 is 0 Å². The van der Waals surface area contributed by atoms with Crippen molar-refractivity contribution in [1.82, 2.24) is 20.0 Å². The molecule has 3 heterocycles. The van der Waals surface area contributed by atoms with Gasteiger partial charge in [0.05, 0.1) is 12.2 Å². The molecule has 2 aromatic rings. The number of rotatable bonds is 4. The first-order valence-corrected chi connectivity index (χ1v) is 9.84. The molecule has 0 amide bonds. The van der Waals surface area contributed by atoms with E-state index < -0.39 is 23.8 Å². The molecule has 2 aliphatic rings. The average Bonchev–Trinajstić information content (AvgIpc) is 3.10. The van der Waals surface area contributed by atoms with E-state index in [-0.39, 0.29) is 5.92 Å². The Hall–Kier alpha value is -2.53.